The average molecular weight is 343 g/mol. The molecule has 1 aromatic rings. The van der Waals surface area contributed by atoms with Gasteiger partial charge in [-0.1, -0.05) is 6.42 Å². The van der Waals surface area contributed by atoms with Crippen LogP contribution in [0.25, 0.3) is 0 Å². The molecule has 0 radical (unpaired) electrons. The Morgan fingerprint density at radius 3 is 2.40 bits per heavy atom. The predicted molar refractivity (Wildman–Crippen MR) is 99.8 cm³/mol. The summed E-state index contributed by atoms with van der Waals surface area (Å²) in [7, 11) is 2.00. The van der Waals surface area contributed by atoms with Crippen LogP contribution in [-0.4, -0.2) is 53.7 Å². The number of nitrogens with two attached hydrogens (primary N) is 1. The molecule has 0 saturated carbocycles. The first-order valence-electron chi connectivity index (χ1n) is 9.43. The van der Waals surface area contributed by atoms with Gasteiger partial charge in [-0.25, -0.2) is 0 Å². The van der Waals surface area contributed by atoms with E-state index in [0.717, 1.165) is 45.2 Å². The first-order valence-corrected chi connectivity index (χ1v) is 9.43. The number of piperidine rings is 2. The second-order valence-electron chi connectivity index (χ2n) is 7.54. The molecule has 2 fully saturated rings. The van der Waals surface area contributed by atoms with Gasteiger partial charge in [-0.05, 0) is 70.8 Å². The Hall–Kier alpha value is -1.88. The first kappa shape index (κ1) is 17.9. The van der Waals surface area contributed by atoms with Gasteiger partial charge in [0.25, 0.3) is 5.91 Å². The molecule has 5 heteroatoms. The van der Waals surface area contributed by atoms with E-state index in [2.05, 4.69) is 11.8 Å². The van der Waals surface area contributed by atoms with Gasteiger partial charge in [0.1, 0.15) is 0 Å². The molecule has 5 nitrogen and oxygen atoms in total. The highest BCUT2D eigenvalue weighted by atomic mass is 16.2. The molecule has 2 aliphatic rings. The smallest absolute Gasteiger partial charge is 0.254 e. The molecule has 136 valence electrons. The number of anilines is 1. The normalized spacial score (nSPS) is 25.0. The maximum Gasteiger partial charge on any atom is 0.254 e. The lowest BCUT2D eigenvalue weighted by Gasteiger charge is -2.34. The van der Waals surface area contributed by atoms with Crippen LogP contribution in [0.1, 0.15) is 66.2 Å². The number of hydrogen-bond acceptors (Lipinski definition) is 4. The average Bonchev–Trinajstić information content (AvgIpc) is 2.61. The van der Waals surface area contributed by atoms with Gasteiger partial charge in [-0.15, -0.1) is 0 Å². The van der Waals surface area contributed by atoms with E-state index in [9.17, 15) is 9.59 Å². The fraction of sp³-hybridized carbons (Fsp3) is 0.600. The molecule has 0 aliphatic carbocycles. The Balaban J connectivity index is 1.85. The number of likely N-dealkylation sites (tertiary alicyclic amines) is 2. The number of hydrogen-bond donors (Lipinski definition) is 1. The number of rotatable bonds is 3. The molecule has 0 bridgehead atoms. The summed E-state index contributed by atoms with van der Waals surface area (Å²) in [5, 5.41) is 0. The Labute approximate surface area is 150 Å². The standard InChI is InChI=1S/C20H29N3O2/c1-14-7-3-6-10-23(14)20(25)16-11-15(12-17(21)13-16)19(24)18-8-4-5-9-22(18)2/h11-14,18H,3-10,21H2,1-2H3. The zero-order chi connectivity index (χ0) is 18.0. The highest BCUT2D eigenvalue weighted by Crippen LogP contribution is 2.24. The van der Waals surface area contributed by atoms with Crippen LogP contribution in [0.15, 0.2) is 18.2 Å². The highest BCUT2D eigenvalue weighted by molar-refractivity contribution is 6.04. The van der Waals surface area contributed by atoms with Crippen molar-refractivity contribution >= 4 is 17.4 Å². The number of Topliss-reactive ketones (excluding diaryl/α,β-unsaturated/α-hetero) is 1. The molecule has 1 amide bonds. The van der Waals surface area contributed by atoms with E-state index in [0.29, 0.717) is 16.8 Å². The van der Waals surface area contributed by atoms with Crippen molar-refractivity contribution in [3.05, 3.63) is 29.3 Å². The summed E-state index contributed by atoms with van der Waals surface area (Å²) in [5.41, 5.74) is 7.61. The maximum absolute atomic E-state index is 13.0. The van der Waals surface area contributed by atoms with Crippen LogP contribution < -0.4 is 5.73 Å². The van der Waals surface area contributed by atoms with Gasteiger partial charge >= 0.3 is 0 Å². The summed E-state index contributed by atoms with van der Waals surface area (Å²) in [5.74, 6) is 0.0702. The first-order chi connectivity index (χ1) is 12.0. The lowest BCUT2D eigenvalue weighted by Crippen LogP contribution is -2.43. The van der Waals surface area contributed by atoms with E-state index in [-0.39, 0.29) is 23.8 Å². The van der Waals surface area contributed by atoms with Gasteiger partial charge in [-0.3, -0.25) is 14.5 Å². The van der Waals surface area contributed by atoms with Crippen molar-refractivity contribution < 1.29 is 9.59 Å². The molecule has 3 rings (SSSR count). The quantitative estimate of drug-likeness (QED) is 0.677. The fourth-order valence-electron chi connectivity index (χ4n) is 4.08. The second kappa shape index (κ2) is 7.56. The van der Waals surface area contributed by atoms with Crippen molar-refractivity contribution in [2.24, 2.45) is 0 Å². The third-order valence-corrected chi connectivity index (χ3v) is 5.62. The van der Waals surface area contributed by atoms with Crippen molar-refractivity contribution in [1.29, 1.82) is 0 Å². The number of nitrogen functional groups attached to an aromatic ring is 1. The van der Waals surface area contributed by atoms with Crippen molar-refractivity contribution in [3.63, 3.8) is 0 Å². The van der Waals surface area contributed by atoms with Gasteiger partial charge < -0.3 is 10.6 Å². The van der Waals surface area contributed by atoms with Crippen LogP contribution in [0.4, 0.5) is 5.69 Å². The minimum absolute atomic E-state index is 0.00875. The van der Waals surface area contributed by atoms with E-state index in [4.69, 9.17) is 5.73 Å². The molecule has 2 heterocycles. The molecular formula is C20H29N3O2. The van der Waals surface area contributed by atoms with E-state index in [1.807, 2.05) is 11.9 Å². The van der Waals surface area contributed by atoms with Crippen LogP contribution >= 0.6 is 0 Å². The number of amides is 1. The van der Waals surface area contributed by atoms with Gasteiger partial charge in [0.2, 0.25) is 0 Å². The molecule has 0 spiro atoms. The van der Waals surface area contributed by atoms with Crippen molar-refractivity contribution in [1.82, 2.24) is 9.80 Å². The summed E-state index contributed by atoms with van der Waals surface area (Å²) >= 11 is 0. The van der Waals surface area contributed by atoms with Crippen LogP contribution in [0.5, 0.6) is 0 Å². The number of likely N-dealkylation sites (N-methyl/N-ethyl adjacent to an activating group) is 1. The van der Waals surface area contributed by atoms with Crippen LogP contribution in [0.3, 0.4) is 0 Å². The van der Waals surface area contributed by atoms with Gasteiger partial charge in [-0.2, -0.15) is 0 Å². The van der Waals surface area contributed by atoms with Crippen LogP contribution in [0, 0.1) is 0 Å². The van der Waals surface area contributed by atoms with Gasteiger partial charge in [0, 0.05) is 29.4 Å². The summed E-state index contributed by atoms with van der Waals surface area (Å²) in [6.45, 7) is 3.81. The monoisotopic (exact) mass is 343 g/mol. The number of benzene rings is 1. The second-order valence-corrected chi connectivity index (χ2v) is 7.54. The third-order valence-electron chi connectivity index (χ3n) is 5.62. The molecule has 2 unspecified atom stereocenters. The Morgan fingerprint density at radius 1 is 1.00 bits per heavy atom. The third kappa shape index (κ3) is 3.87. The summed E-state index contributed by atoms with van der Waals surface area (Å²) in [6, 6.07) is 5.29. The van der Waals surface area contributed by atoms with Crippen LogP contribution in [0.2, 0.25) is 0 Å². The lowest BCUT2D eigenvalue weighted by molar-refractivity contribution is 0.0635. The van der Waals surface area contributed by atoms with Crippen molar-refractivity contribution in [2.75, 3.05) is 25.9 Å². The Morgan fingerprint density at radius 2 is 1.68 bits per heavy atom. The zero-order valence-electron chi connectivity index (χ0n) is 15.3. The number of carbonyl (C=O) groups is 2. The largest absolute Gasteiger partial charge is 0.399 e. The molecule has 2 N–H and O–H groups in total. The molecular weight excluding hydrogens is 314 g/mol. The van der Waals surface area contributed by atoms with Crippen molar-refractivity contribution in [3.8, 4) is 0 Å². The van der Waals surface area contributed by atoms with Crippen LogP contribution in [-0.2, 0) is 0 Å². The molecule has 25 heavy (non-hydrogen) atoms. The molecule has 2 aliphatic heterocycles. The summed E-state index contributed by atoms with van der Waals surface area (Å²) in [4.78, 5) is 29.9. The van der Waals surface area contributed by atoms with E-state index < -0.39 is 0 Å². The van der Waals surface area contributed by atoms with E-state index in [1.54, 1.807) is 18.2 Å². The summed E-state index contributed by atoms with van der Waals surface area (Å²) in [6.07, 6.45) is 6.31. The molecule has 0 aromatic heterocycles. The summed E-state index contributed by atoms with van der Waals surface area (Å²) < 4.78 is 0. The minimum atomic E-state index is -0.104. The van der Waals surface area contributed by atoms with E-state index >= 15 is 0 Å². The Kier molecular flexibility index (Phi) is 5.42. The Bertz CT molecular complexity index is 606. The van der Waals surface area contributed by atoms with Crippen molar-refractivity contribution in [2.45, 2.75) is 57.5 Å². The number of ketones is 1. The topological polar surface area (TPSA) is 66.6 Å². The highest BCUT2D eigenvalue weighted by Gasteiger charge is 2.29. The number of nitrogens with zero attached hydrogens (tertiary/aromatic N) is 2. The number of carbonyl (C=O) groups excluding carboxylic acids is 2. The zero-order valence-corrected chi connectivity index (χ0v) is 15.3. The van der Waals surface area contributed by atoms with Gasteiger partial charge in [0.05, 0.1) is 6.04 Å². The molecule has 2 saturated heterocycles. The minimum Gasteiger partial charge on any atom is -0.399 e. The lowest BCUT2D eigenvalue weighted by atomic mass is 9.93. The predicted octanol–water partition coefficient (Wildman–Crippen LogP) is 2.95. The van der Waals surface area contributed by atoms with Gasteiger partial charge in [0.15, 0.2) is 5.78 Å². The fourth-order valence-corrected chi connectivity index (χ4v) is 4.08. The molecule has 2 atom stereocenters. The van der Waals surface area contributed by atoms with E-state index in [1.165, 1.54) is 6.42 Å². The molecule has 1 aromatic carbocycles. The maximum atomic E-state index is 13.0. The SMILES string of the molecule is CC1CCCCN1C(=O)c1cc(N)cc(C(=O)C2CCCCN2C)c1.